The molecule has 108 valence electrons. The van der Waals surface area contributed by atoms with E-state index < -0.39 is 0 Å². The number of nitrogens with zero attached hydrogens (tertiary/aromatic N) is 2. The molecule has 0 aliphatic heterocycles. The minimum atomic E-state index is 0.373. The fraction of sp³-hybridized carbons (Fsp3) is 0.188. The summed E-state index contributed by atoms with van der Waals surface area (Å²) >= 11 is 0. The summed E-state index contributed by atoms with van der Waals surface area (Å²) in [6.07, 6.45) is 0. The van der Waals surface area contributed by atoms with Gasteiger partial charge in [-0.25, -0.2) is 0 Å². The second-order valence-electron chi connectivity index (χ2n) is 4.78. The highest BCUT2D eigenvalue weighted by atomic mass is 16.5. The van der Waals surface area contributed by atoms with Crippen LogP contribution in [0.15, 0.2) is 42.5 Å². The zero-order valence-electron chi connectivity index (χ0n) is 12.0. The van der Waals surface area contributed by atoms with Gasteiger partial charge in [-0.2, -0.15) is 5.10 Å². The Morgan fingerprint density at radius 1 is 1.19 bits per heavy atom. The fourth-order valence-corrected chi connectivity index (χ4v) is 2.33. The van der Waals surface area contributed by atoms with E-state index in [0.29, 0.717) is 23.8 Å². The van der Waals surface area contributed by atoms with E-state index in [1.54, 1.807) is 19.2 Å². The molecule has 0 aliphatic carbocycles. The van der Waals surface area contributed by atoms with Crippen molar-refractivity contribution in [1.29, 1.82) is 0 Å². The molecule has 0 saturated carbocycles. The van der Waals surface area contributed by atoms with Gasteiger partial charge in [-0.3, -0.25) is 4.68 Å². The maximum atomic E-state index is 5.95. The number of hydrogen-bond acceptors (Lipinski definition) is 4. The minimum absolute atomic E-state index is 0.373. The lowest BCUT2D eigenvalue weighted by atomic mass is 10.2. The number of nitrogen functional groups attached to an aromatic ring is 1. The first-order chi connectivity index (χ1) is 10.2. The third kappa shape index (κ3) is 2.50. The molecule has 5 nitrogen and oxygen atoms in total. The van der Waals surface area contributed by atoms with Crippen molar-refractivity contribution in [2.45, 2.75) is 6.61 Å². The first kappa shape index (κ1) is 13.3. The Morgan fingerprint density at radius 2 is 2.00 bits per heavy atom. The Hall–Kier alpha value is -2.69. The van der Waals surface area contributed by atoms with Crippen LogP contribution >= 0.6 is 0 Å². The van der Waals surface area contributed by atoms with Crippen molar-refractivity contribution in [2.24, 2.45) is 7.05 Å². The monoisotopic (exact) mass is 283 g/mol. The topological polar surface area (TPSA) is 62.3 Å². The lowest BCUT2D eigenvalue weighted by Crippen LogP contribution is -2.01. The highest BCUT2D eigenvalue weighted by Gasteiger charge is 2.09. The summed E-state index contributed by atoms with van der Waals surface area (Å²) in [4.78, 5) is 0. The summed E-state index contributed by atoms with van der Waals surface area (Å²) in [6.45, 7) is 0.373. The van der Waals surface area contributed by atoms with Crippen molar-refractivity contribution in [3.8, 4) is 11.5 Å². The van der Waals surface area contributed by atoms with Crippen LogP contribution in [-0.2, 0) is 13.7 Å². The van der Waals surface area contributed by atoms with E-state index in [9.17, 15) is 0 Å². The number of hydrogen-bond donors (Lipinski definition) is 1. The van der Waals surface area contributed by atoms with E-state index >= 15 is 0 Å². The summed E-state index contributed by atoms with van der Waals surface area (Å²) in [7, 11) is 3.53. The van der Waals surface area contributed by atoms with Gasteiger partial charge in [0.25, 0.3) is 0 Å². The fourth-order valence-electron chi connectivity index (χ4n) is 2.33. The van der Waals surface area contributed by atoms with Crippen LogP contribution in [0.4, 0.5) is 5.69 Å². The predicted molar refractivity (Wildman–Crippen MR) is 82.5 cm³/mol. The molecule has 21 heavy (non-hydrogen) atoms. The molecule has 3 aromatic rings. The quantitative estimate of drug-likeness (QED) is 0.748. The van der Waals surface area contributed by atoms with Crippen LogP contribution in [-0.4, -0.2) is 16.9 Å². The Balaban J connectivity index is 1.84. The van der Waals surface area contributed by atoms with Crippen LogP contribution in [0.5, 0.6) is 11.5 Å². The molecule has 1 heterocycles. The SMILES string of the molecule is COc1ccc(OCc2nn(C)c3ccccc23)c(N)c1. The maximum Gasteiger partial charge on any atom is 0.143 e. The highest BCUT2D eigenvalue weighted by Crippen LogP contribution is 2.27. The number of para-hydroxylation sites is 1. The van der Waals surface area contributed by atoms with E-state index in [1.807, 2.05) is 42.1 Å². The first-order valence-electron chi connectivity index (χ1n) is 6.66. The summed E-state index contributed by atoms with van der Waals surface area (Å²) in [5, 5.41) is 5.58. The van der Waals surface area contributed by atoms with Gasteiger partial charge >= 0.3 is 0 Å². The van der Waals surface area contributed by atoms with Gasteiger partial charge in [0, 0.05) is 18.5 Å². The van der Waals surface area contributed by atoms with Crippen molar-refractivity contribution in [3.05, 3.63) is 48.2 Å². The number of ether oxygens (including phenoxy) is 2. The minimum Gasteiger partial charge on any atom is -0.497 e. The number of aromatic nitrogens is 2. The Kier molecular flexibility index (Phi) is 3.39. The number of benzene rings is 2. The van der Waals surface area contributed by atoms with Crippen LogP contribution in [0.2, 0.25) is 0 Å². The van der Waals surface area contributed by atoms with Gasteiger partial charge in [0.1, 0.15) is 23.8 Å². The molecule has 0 aliphatic rings. The number of anilines is 1. The third-order valence-electron chi connectivity index (χ3n) is 3.42. The lowest BCUT2D eigenvalue weighted by molar-refractivity contribution is 0.302. The van der Waals surface area contributed by atoms with E-state index in [0.717, 1.165) is 16.6 Å². The molecule has 0 radical (unpaired) electrons. The maximum absolute atomic E-state index is 5.95. The zero-order chi connectivity index (χ0) is 14.8. The van der Waals surface area contributed by atoms with Gasteiger partial charge in [-0.1, -0.05) is 18.2 Å². The van der Waals surface area contributed by atoms with Crippen LogP contribution in [0.3, 0.4) is 0 Å². The molecule has 0 saturated heterocycles. The molecular formula is C16H17N3O2. The molecule has 0 amide bonds. The summed E-state index contributed by atoms with van der Waals surface area (Å²) in [6, 6.07) is 13.4. The molecule has 2 N–H and O–H groups in total. The number of methoxy groups -OCH3 is 1. The second-order valence-corrected chi connectivity index (χ2v) is 4.78. The van der Waals surface area contributed by atoms with E-state index in [-0.39, 0.29) is 0 Å². The molecular weight excluding hydrogens is 266 g/mol. The Labute approximate surface area is 122 Å². The number of fused-ring (bicyclic) bond motifs is 1. The molecule has 3 rings (SSSR count). The van der Waals surface area contributed by atoms with Crippen molar-refractivity contribution >= 4 is 16.6 Å². The summed E-state index contributed by atoms with van der Waals surface area (Å²) in [5.41, 5.74) is 8.47. The molecule has 0 fully saturated rings. The van der Waals surface area contributed by atoms with Gasteiger partial charge in [-0.05, 0) is 18.2 Å². The molecule has 0 unspecified atom stereocenters. The lowest BCUT2D eigenvalue weighted by Gasteiger charge is -2.09. The number of aryl methyl sites for hydroxylation is 1. The standard InChI is InChI=1S/C16H17N3O2/c1-19-15-6-4-3-5-12(15)14(18-19)10-21-16-8-7-11(20-2)9-13(16)17/h3-9H,10,17H2,1-2H3. The van der Waals surface area contributed by atoms with E-state index in [1.165, 1.54) is 0 Å². The summed E-state index contributed by atoms with van der Waals surface area (Å²) in [5.74, 6) is 1.34. The molecule has 0 atom stereocenters. The Bertz CT molecular complexity index is 780. The highest BCUT2D eigenvalue weighted by molar-refractivity contribution is 5.81. The largest absolute Gasteiger partial charge is 0.497 e. The predicted octanol–water partition coefficient (Wildman–Crippen LogP) is 2.74. The van der Waals surface area contributed by atoms with Crippen LogP contribution < -0.4 is 15.2 Å². The van der Waals surface area contributed by atoms with Crippen molar-refractivity contribution in [3.63, 3.8) is 0 Å². The molecule has 2 aromatic carbocycles. The average Bonchev–Trinajstić information content (AvgIpc) is 2.83. The van der Waals surface area contributed by atoms with E-state index in [2.05, 4.69) is 5.10 Å². The van der Waals surface area contributed by atoms with Gasteiger partial charge in [0.15, 0.2) is 0 Å². The molecule has 0 bridgehead atoms. The van der Waals surface area contributed by atoms with Crippen molar-refractivity contribution in [1.82, 2.24) is 9.78 Å². The third-order valence-corrected chi connectivity index (χ3v) is 3.42. The van der Waals surface area contributed by atoms with Crippen molar-refractivity contribution in [2.75, 3.05) is 12.8 Å². The van der Waals surface area contributed by atoms with Gasteiger partial charge in [0.05, 0.1) is 18.3 Å². The second kappa shape index (κ2) is 5.36. The normalized spacial score (nSPS) is 10.8. The molecule has 5 heteroatoms. The van der Waals surface area contributed by atoms with Gasteiger partial charge in [-0.15, -0.1) is 0 Å². The first-order valence-corrected chi connectivity index (χ1v) is 6.66. The summed E-state index contributed by atoms with van der Waals surface area (Å²) < 4.78 is 12.8. The van der Waals surface area contributed by atoms with Crippen LogP contribution in [0, 0.1) is 0 Å². The van der Waals surface area contributed by atoms with Gasteiger partial charge in [0.2, 0.25) is 0 Å². The van der Waals surface area contributed by atoms with Crippen molar-refractivity contribution < 1.29 is 9.47 Å². The molecule has 1 aromatic heterocycles. The zero-order valence-corrected chi connectivity index (χ0v) is 12.0. The number of rotatable bonds is 4. The smallest absolute Gasteiger partial charge is 0.143 e. The average molecular weight is 283 g/mol. The van der Waals surface area contributed by atoms with E-state index in [4.69, 9.17) is 15.2 Å². The Morgan fingerprint density at radius 3 is 2.76 bits per heavy atom. The van der Waals surface area contributed by atoms with Crippen LogP contribution in [0.1, 0.15) is 5.69 Å². The number of nitrogens with two attached hydrogens (primary N) is 1. The molecule has 0 spiro atoms. The van der Waals surface area contributed by atoms with Gasteiger partial charge < -0.3 is 15.2 Å². The van der Waals surface area contributed by atoms with Crippen LogP contribution in [0.25, 0.3) is 10.9 Å².